The van der Waals surface area contributed by atoms with Gasteiger partial charge in [0.1, 0.15) is 6.61 Å². The third-order valence-corrected chi connectivity index (χ3v) is 4.54. The van der Waals surface area contributed by atoms with E-state index in [1.807, 2.05) is 6.92 Å². The Hall–Kier alpha value is -0.320. The number of rotatable bonds is 29. The molecule has 8 heteroatoms. The van der Waals surface area contributed by atoms with Crippen molar-refractivity contribution in [2.45, 2.75) is 65.2 Å². The van der Waals surface area contributed by atoms with E-state index >= 15 is 0 Å². The molecule has 0 aliphatic rings. The van der Waals surface area contributed by atoms with Crippen LogP contribution in [-0.4, -0.2) is 92.5 Å². The molecule has 0 rings (SSSR count). The number of unbranched alkanes of at least 4 members (excludes halogenated alkanes) is 7. The predicted octanol–water partition coefficient (Wildman–Crippen LogP) is 4.19. The molecule has 0 spiro atoms. The third kappa shape index (κ3) is 29.7. The number of hydrogen-bond donors (Lipinski definition) is 0. The van der Waals surface area contributed by atoms with E-state index in [-0.39, 0.29) is 0 Å². The standard InChI is InChI=1S/C24H50O8/c1-3-5-6-7-8-9-10-11-12-31-32-24-23-30-22-21-29-20-19-28-18-17-27-16-15-26-14-13-25-4-2/h3-24H2,1-2H3. The van der Waals surface area contributed by atoms with Crippen LogP contribution in [0.4, 0.5) is 0 Å². The molecule has 0 N–H and O–H groups in total. The SMILES string of the molecule is CCCCCCCCCCOOCCOCCOCCOCCOCCOCCOCC. The maximum atomic E-state index is 5.44. The van der Waals surface area contributed by atoms with Crippen LogP contribution in [0.1, 0.15) is 65.2 Å². The molecule has 0 saturated carbocycles. The summed E-state index contributed by atoms with van der Waals surface area (Å²) in [7, 11) is 0. The first kappa shape index (κ1) is 31.7. The molecule has 0 fully saturated rings. The topological polar surface area (TPSA) is 73.8 Å². The van der Waals surface area contributed by atoms with E-state index in [0.717, 1.165) is 13.0 Å². The van der Waals surface area contributed by atoms with Crippen molar-refractivity contribution < 1.29 is 38.2 Å². The van der Waals surface area contributed by atoms with E-state index in [1.54, 1.807) is 0 Å². The monoisotopic (exact) mass is 466 g/mol. The molecular formula is C24H50O8. The maximum absolute atomic E-state index is 5.44. The summed E-state index contributed by atoms with van der Waals surface area (Å²) in [5.74, 6) is 0. The van der Waals surface area contributed by atoms with Gasteiger partial charge in [-0.15, -0.1) is 0 Å². The van der Waals surface area contributed by atoms with Crippen molar-refractivity contribution in [3.8, 4) is 0 Å². The van der Waals surface area contributed by atoms with E-state index in [2.05, 4.69) is 6.92 Å². The Morgan fingerprint density at radius 2 is 0.656 bits per heavy atom. The smallest absolute Gasteiger partial charge is 0.106 e. The Morgan fingerprint density at radius 3 is 1.09 bits per heavy atom. The zero-order valence-corrected chi connectivity index (χ0v) is 20.8. The van der Waals surface area contributed by atoms with Gasteiger partial charge in [-0.25, -0.2) is 9.78 Å². The molecule has 0 aromatic heterocycles. The summed E-state index contributed by atoms with van der Waals surface area (Å²) >= 11 is 0. The molecule has 0 heterocycles. The van der Waals surface area contributed by atoms with E-state index in [9.17, 15) is 0 Å². The van der Waals surface area contributed by atoms with Crippen LogP contribution < -0.4 is 0 Å². The lowest BCUT2D eigenvalue weighted by Gasteiger charge is -2.08. The van der Waals surface area contributed by atoms with Gasteiger partial charge in [-0.1, -0.05) is 51.9 Å². The maximum Gasteiger partial charge on any atom is 0.106 e. The van der Waals surface area contributed by atoms with Crippen LogP contribution in [0.5, 0.6) is 0 Å². The van der Waals surface area contributed by atoms with Crippen LogP contribution in [0.25, 0.3) is 0 Å². The lowest BCUT2D eigenvalue weighted by atomic mass is 10.1. The molecule has 194 valence electrons. The molecular weight excluding hydrogens is 416 g/mol. The first-order valence-corrected chi connectivity index (χ1v) is 12.6. The second kappa shape index (κ2) is 30.7. The first-order valence-electron chi connectivity index (χ1n) is 12.6. The molecule has 0 unspecified atom stereocenters. The normalized spacial score (nSPS) is 11.4. The second-order valence-electron chi connectivity index (χ2n) is 7.38. The second-order valence-corrected chi connectivity index (χ2v) is 7.38. The Labute approximate surface area is 196 Å². The van der Waals surface area contributed by atoms with E-state index in [4.69, 9.17) is 38.2 Å². The zero-order valence-electron chi connectivity index (χ0n) is 20.8. The number of hydrogen-bond acceptors (Lipinski definition) is 8. The highest BCUT2D eigenvalue weighted by Gasteiger charge is 1.96. The van der Waals surface area contributed by atoms with Crippen molar-refractivity contribution in [2.75, 3.05) is 92.5 Å². The zero-order chi connectivity index (χ0) is 23.2. The van der Waals surface area contributed by atoms with Crippen LogP contribution in [0, 0.1) is 0 Å². The van der Waals surface area contributed by atoms with Crippen LogP contribution in [0.15, 0.2) is 0 Å². The van der Waals surface area contributed by atoms with Crippen molar-refractivity contribution in [1.29, 1.82) is 0 Å². The summed E-state index contributed by atoms with van der Waals surface area (Å²) in [4.78, 5) is 10.3. The van der Waals surface area contributed by atoms with Gasteiger partial charge in [0.05, 0.1) is 79.3 Å². The van der Waals surface area contributed by atoms with E-state index in [0.29, 0.717) is 85.9 Å². The van der Waals surface area contributed by atoms with E-state index in [1.165, 1.54) is 44.9 Å². The van der Waals surface area contributed by atoms with E-state index < -0.39 is 0 Å². The minimum atomic E-state index is 0.442. The fourth-order valence-corrected chi connectivity index (χ4v) is 2.75. The van der Waals surface area contributed by atoms with Gasteiger partial charge in [0, 0.05) is 6.61 Å². The Balaban J connectivity index is 2.98. The van der Waals surface area contributed by atoms with Crippen LogP contribution in [-0.2, 0) is 38.2 Å². The highest BCUT2D eigenvalue weighted by Crippen LogP contribution is 2.08. The van der Waals surface area contributed by atoms with Gasteiger partial charge in [-0.05, 0) is 13.3 Å². The quantitative estimate of drug-likeness (QED) is 0.0923. The molecule has 32 heavy (non-hydrogen) atoms. The average Bonchev–Trinajstić information content (AvgIpc) is 2.81. The molecule has 0 saturated heterocycles. The van der Waals surface area contributed by atoms with Crippen LogP contribution >= 0.6 is 0 Å². The lowest BCUT2D eigenvalue weighted by molar-refractivity contribution is -0.299. The Kier molecular flexibility index (Phi) is 30.4. The molecule has 0 aromatic carbocycles. The Morgan fingerprint density at radius 1 is 0.312 bits per heavy atom. The fourth-order valence-electron chi connectivity index (χ4n) is 2.75. The summed E-state index contributed by atoms with van der Waals surface area (Å²) in [6.07, 6.45) is 10.3. The molecule has 0 radical (unpaired) electrons. The molecule has 0 bridgehead atoms. The summed E-state index contributed by atoms with van der Waals surface area (Å²) in [6, 6.07) is 0. The van der Waals surface area contributed by atoms with Gasteiger partial charge in [-0.2, -0.15) is 0 Å². The Bertz CT molecular complexity index is 290. The minimum absolute atomic E-state index is 0.442. The van der Waals surface area contributed by atoms with Gasteiger partial charge in [-0.3, -0.25) is 0 Å². The van der Waals surface area contributed by atoms with Crippen molar-refractivity contribution in [3.63, 3.8) is 0 Å². The predicted molar refractivity (Wildman–Crippen MR) is 125 cm³/mol. The number of ether oxygens (including phenoxy) is 6. The lowest BCUT2D eigenvalue weighted by Crippen LogP contribution is -2.14. The van der Waals surface area contributed by atoms with Gasteiger partial charge in [0.25, 0.3) is 0 Å². The average molecular weight is 467 g/mol. The molecule has 0 amide bonds. The summed E-state index contributed by atoms with van der Waals surface area (Å²) in [5.41, 5.74) is 0. The minimum Gasteiger partial charge on any atom is -0.379 e. The van der Waals surface area contributed by atoms with Crippen LogP contribution in [0.3, 0.4) is 0 Å². The van der Waals surface area contributed by atoms with Gasteiger partial charge >= 0.3 is 0 Å². The first-order chi connectivity index (χ1) is 15.9. The van der Waals surface area contributed by atoms with Gasteiger partial charge in [0.15, 0.2) is 0 Å². The van der Waals surface area contributed by atoms with Gasteiger partial charge < -0.3 is 28.4 Å². The van der Waals surface area contributed by atoms with Crippen molar-refractivity contribution in [1.82, 2.24) is 0 Å². The van der Waals surface area contributed by atoms with Crippen molar-refractivity contribution >= 4 is 0 Å². The van der Waals surface area contributed by atoms with Crippen molar-refractivity contribution in [3.05, 3.63) is 0 Å². The van der Waals surface area contributed by atoms with Crippen LogP contribution in [0.2, 0.25) is 0 Å². The molecule has 0 atom stereocenters. The molecule has 0 aliphatic heterocycles. The molecule has 0 aliphatic carbocycles. The summed E-state index contributed by atoms with van der Waals surface area (Å²) in [6.45, 7) is 12.2. The third-order valence-electron chi connectivity index (χ3n) is 4.54. The van der Waals surface area contributed by atoms with Gasteiger partial charge in [0.2, 0.25) is 0 Å². The molecule has 8 nitrogen and oxygen atoms in total. The summed E-state index contributed by atoms with van der Waals surface area (Å²) < 4.78 is 32.2. The highest BCUT2D eigenvalue weighted by molar-refractivity contribution is 4.45. The van der Waals surface area contributed by atoms with Crippen molar-refractivity contribution in [2.24, 2.45) is 0 Å². The largest absolute Gasteiger partial charge is 0.379 e. The highest BCUT2D eigenvalue weighted by atomic mass is 17.2. The fraction of sp³-hybridized carbons (Fsp3) is 1.00. The molecule has 0 aromatic rings. The summed E-state index contributed by atoms with van der Waals surface area (Å²) in [5, 5.41) is 0.